The molecule has 0 unspecified atom stereocenters. The summed E-state index contributed by atoms with van der Waals surface area (Å²) in [7, 11) is 0. The Bertz CT molecular complexity index is 657. The van der Waals surface area contributed by atoms with Crippen molar-refractivity contribution in [3.63, 3.8) is 0 Å². The number of pyridine rings is 1. The molecule has 0 bridgehead atoms. The van der Waals surface area contributed by atoms with Crippen LogP contribution in [0.5, 0.6) is 5.75 Å². The zero-order valence-electron chi connectivity index (χ0n) is 11.5. The van der Waals surface area contributed by atoms with Gasteiger partial charge in [0.05, 0.1) is 11.3 Å². The molecule has 5 nitrogen and oxygen atoms in total. The van der Waals surface area contributed by atoms with E-state index in [0.717, 1.165) is 24.4 Å². The highest BCUT2D eigenvalue weighted by atomic mass is 16.5. The Balaban J connectivity index is 1.81. The lowest BCUT2D eigenvalue weighted by Crippen LogP contribution is -2.26. The zero-order chi connectivity index (χ0) is 14.7. The van der Waals surface area contributed by atoms with Crippen LogP contribution in [-0.4, -0.2) is 34.1 Å². The van der Waals surface area contributed by atoms with Crippen LogP contribution in [0, 0.1) is 0 Å². The van der Waals surface area contributed by atoms with Gasteiger partial charge in [-0.2, -0.15) is 0 Å². The maximum Gasteiger partial charge on any atom is 0.337 e. The van der Waals surface area contributed by atoms with E-state index >= 15 is 0 Å². The molecule has 1 aliphatic heterocycles. The molecule has 1 aromatic heterocycles. The molecular formula is C16H16N2O3. The van der Waals surface area contributed by atoms with Crippen LogP contribution in [0.4, 0.5) is 0 Å². The SMILES string of the molecule is O=C(O)c1cccnc1CN1CCOc2ccccc2C1. The lowest BCUT2D eigenvalue weighted by molar-refractivity contribution is 0.0693. The van der Waals surface area contributed by atoms with Crippen LogP contribution < -0.4 is 4.74 Å². The Morgan fingerprint density at radius 2 is 2.14 bits per heavy atom. The molecule has 0 spiro atoms. The van der Waals surface area contributed by atoms with E-state index in [4.69, 9.17) is 4.74 Å². The topological polar surface area (TPSA) is 62.7 Å². The molecule has 21 heavy (non-hydrogen) atoms. The smallest absolute Gasteiger partial charge is 0.337 e. The number of rotatable bonds is 3. The lowest BCUT2D eigenvalue weighted by atomic mass is 10.1. The van der Waals surface area contributed by atoms with Crippen molar-refractivity contribution >= 4 is 5.97 Å². The molecule has 2 heterocycles. The van der Waals surface area contributed by atoms with E-state index in [-0.39, 0.29) is 5.56 Å². The quantitative estimate of drug-likeness (QED) is 0.936. The maximum atomic E-state index is 11.2. The number of benzene rings is 1. The van der Waals surface area contributed by atoms with Gasteiger partial charge in [-0.1, -0.05) is 18.2 Å². The number of fused-ring (bicyclic) bond motifs is 1. The Kier molecular flexibility index (Phi) is 3.83. The highest BCUT2D eigenvalue weighted by molar-refractivity contribution is 5.88. The molecule has 1 N–H and O–H groups in total. The number of carboxylic acid groups (broad SMARTS) is 1. The first-order valence-electron chi connectivity index (χ1n) is 6.84. The number of ether oxygens (including phenoxy) is 1. The third kappa shape index (κ3) is 3.03. The van der Waals surface area contributed by atoms with Gasteiger partial charge in [-0.15, -0.1) is 0 Å². The van der Waals surface area contributed by atoms with Crippen molar-refractivity contribution < 1.29 is 14.6 Å². The third-order valence-corrected chi connectivity index (χ3v) is 3.53. The van der Waals surface area contributed by atoms with E-state index < -0.39 is 5.97 Å². The number of carboxylic acids is 1. The molecule has 0 aliphatic carbocycles. The minimum atomic E-state index is -0.940. The van der Waals surface area contributed by atoms with Crippen molar-refractivity contribution in [3.05, 3.63) is 59.4 Å². The Hall–Kier alpha value is -2.40. The fourth-order valence-corrected chi connectivity index (χ4v) is 2.49. The van der Waals surface area contributed by atoms with Gasteiger partial charge in [0.2, 0.25) is 0 Å². The van der Waals surface area contributed by atoms with Crippen molar-refractivity contribution in [2.24, 2.45) is 0 Å². The summed E-state index contributed by atoms with van der Waals surface area (Å²) in [5, 5.41) is 9.23. The van der Waals surface area contributed by atoms with Crippen LogP contribution in [0.25, 0.3) is 0 Å². The molecule has 0 atom stereocenters. The van der Waals surface area contributed by atoms with Crippen LogP contribution in [0.3, 0.4) is 0 Å². The fourth-order valence-electron chi connectivity index (χ4n) is 2.49. The maximum absolute atomic E-state index is 11.2. The molecular weight excluding hydrogens is 268 g/mol. The Morgan fingerprint density at radius 3 is 3.00 bits per heavy atom. The first-order chi connectivity index (χ1) is 10.2. The Labute approximate surface area is 122 Å². The van der Waals surface area contributed by atoms with Crippen molar-refractivity contribution in [2.45, 2.75) is 13.1 Å². The predicted octanol–water partition coefficient (Wildman–Crippen LogP) is 2.17. The second kappa shape index (κ2) is 5.93. The number of hydrogen-bond donors (Lipinski definition) is 1. The highest BCUT2D eigenvalue weighted by Gasteiger charge is 2.18. The van der Waals surface area contributed by atoms with E-state index in [0.29, 0.717) is 18.8 Å². The average molecular weight is 284 g/mol. The number of aromatic nitrogens is 1. The second-order valence-electron chi connectivity index (χ2n) is 4.97. The van der Waals surface area contributed by atoms with Crippen molar-refractivity contribution in [3.8, 4) is 5.75 Å². The molecule has 0 fully saturated rings. The molecule has 0 saturated carbocycles. The number of hydrogen-bond acceptors (Lipinski definition) is 4. The van der Waals surface area contributed by atoms with Gasteiger partial charge in [0.25, 0.3) is 0 Å². The van der Waals surface area contributed by atoms with Gasteiger partial charge < -0.3 is 9.84 Å². The molecule has 5 heteroatoms. The van der Waals surface area contributed by atoms with Crippen LogP contribution in [0.2, 0.25) is 0 Å². The van der Waals surface area contributed by atoms with E-state index in [9.17, 15) is 9.90 Å². The van der Waals surface area contributed by atoms with E-state index in [1.54, 1.807) is 18.3 Å². The minimum Gasteiger partial charge on any atom is -0.492 e. The molecule has 0 saturated heterocycles. The van der Waals surface area contributed by atoms with Gasteiger partial charge in [0.1, 0.15) is 12.4 Å². The molecule has 1 aromatic carbocycles. The number of nitrogens with zero attached hydrogens (tertiary/aromatic N) is 2. The summed E-state index contributed by atoms with van der Waals surface area (Å²) < 4.78 is 5.72. The van der Waals surface area contributed by atoms with Crippen LogP contribution in [0.1, 0.15) is 21.6 Å². The van der Waals surface area contributed by atoms with Gasteiger partial charge in [0.15, 0.2) is 0 Å². The predicted molar refractivity (Wildman–Crippen MR) is 77.2 cm³/mol. The van der Waals surface area contributed by atoms with Crippen molar-refractivity contribution in [1.82, 2.24) is 9.88 Å². The largest absolute Gasteiger partial charge is 0.492 e. The van der Waals surface area contributed by atoms with Crippen molar-refractivity contribution in [2.75, 3.05) is 13.2 Å². The van der Waals surface area contributed by atoms with Gasteiger partial charge in [-0.25, -0.2) is 4.79 Å². The van der Waals surface area contributed by atoms with E-state index in [2.05, 4.69) is 9.88 Å². The summed E-state index contributed by atoms with van der Waals surface area (Å²) in [6, 6.07) is 11.2. The monoisotopic (exact) mass is 284 g/mol. The molecule has 108 valence electrons. The first kappa shape index (κ1) is 13.6. The molecule has 1 aliphatic rings. The summed E-state index contributed by atoms with van der Waals surface area (Å²) in [4.78, 5) is 17.6. The third-order valence-electron chi connectivity index (χ3n) is 3.53. The molecule has 3 rings (SSSR count). The summed E-state index contributed by atoms with van der Waals surface area (Å²) in [5.41, 5.74) is 1.96. The van der Waals surface area contributed by atoms with Gasteiger partial charge >= 0.3 is 5.97 Å². The highest BCUT2D eigenvalue weighted by Crippen LogP contribution is 2.23. The van der Waals surface area contributed by atoms with Crippen LogP contribution >= 0.6 is 0 Å². The number of aromatic carboxylic acids is 1. The molecule has 2 aromatic rings. The fraction of sp³-hybridized carbons (Fsp3) is 0.250. The van der Waals surface area contributed by atoms with E-state index in [1.807, 2.05) is 24.3 Å². The number of carbonyl (C=O) groups is 1. The zero-order valence-corrected chi connectivity index (χ0v) is 11.5. The second-order valence-corrected chi connectivity index (χ2v) is 4.97. The summed E-state index contributed by atoms with van der Waals surface area (Å²) in [6.45, 7) is 2.56. The van der Waals surface area contributed by atoms with E-state index in [1.165, 1.54) is 0 Å². The summed E-state index contributed by atoms with van der Waals surface area (Å²) in [6.07, 6.45) is 1.63. The van der Waals surface area contributed by atoms with Gasteiger partial charge in [-0.3, -0.25) is 9.88 Å². The number of para-hydroxylation sites is 1. The molecule has 0 amide bonds. The van der Waals surface area contributed by atoms with Crippen LogP contribution in [0.15, 0.2) is 42.6 Å². The summed E-state index contributed by atoms with van der Waals surface area (Å²) in [5.74, 6) is -0.0379. The summed E-state index contributed by atoms with van der Waals surface area (Å²) >= 11 is 0. The van der Waals surface area contributed by atoms with Crippen LogP contribution in [-0.2, 0) is 13.1 Å². The molecule has 0 radical (unpaired) electrons. The van der Waals surface area contributed by atoms with Gasteiger partial charge in [0, 0.05) is 31.4 Å². The Morgan fingerprint density at radius 1 is 1.29 bits per heavy atom. The lowest BCUT2D eigenvalue weighted by Gasteiger charge is -2.19. The standard InChI is InChI=1S/C16H16N2O3/c19-16(20)13-5-3-7-17-14(13)11-18-8-9-21-15-6-2-1-4-12(15)10-18/h1-7H,8-11H2,(H,19,20). The van der Waals surface area contributed by atoms with Crippen molar-refractivity contribution in [1.29, 1.82) is 0 Å². The minimum absolute atomic E-state index is 0.260. The normalized spacial score (nSPS) is 14.9. The average Bonchev–Trinajstić information content (AvgIpc) is 2.69. The first-order valence-corrected chi connectivity index (χ1v) is 6.84. The van der Waals surface area contributed by atoms with Gasteiger partial charge in [-0.05, 0) is 18.2 Å².